The zero-order valence-electron chi connectivity index (χ0n) is 12.7. The molecule has 0 spiro atoms. The number of aryl methyl sites for hydroxylation is 1. The van der Waals surface area contributed by atoms with Crippen LogP contribution < -0.4 is 0 Å². The molecule has 122 valence electrons. The van der Waals surface area contributed by atoms with Crippen LogP contribution in [0.5, 0.6) is 0 Å². The van der Waals surface area contributed by atoms with E-state index in [2.05, 4.69) is 10.3 Å². The van der Waals surface area contributed by atoms with E-state index in [4.69, 9.17) is 25.7 Å². The Hall–Kier alpha value is -2.41. The minimum absolute atomic E-state index is 0.0384. The first-order valence-corrected chi connectivity index (χ1v) is 7.12. The Labute approximate surface area is 136 Å². The lowest BCUT2D eigenvalue weighted by Crippen LogP contribution is -2.07. The van der Waals surface area contributed by atoms with Crippen molar-refractivity contribution in [1.29, 1.82) is 0 Å². The predicted octanol–water partition coefficient (Wildman–Crippen LogP) is 3.97. The Kier molecular flexibility index (Phi) is 5.33. The third-order valence-corrected chi connectivity index (χ3v) is 3.19. The lowest BCUT2D eigenvalue weighted by molar-refractivity contribution is 0.0500. The zero-order chi connectivity index (χ0) is 17.0. The van der Waals surface area contributed by atoms with Crippen molar-refractivity contribution >= 4 is 23.5 Å². The predicted molar refractivity (Wildman–Crippen MR) is 81.8 cm³/mol. The second kappa shape index (κ2) is 7.23. The molecular formula is C15H14ClFN2O4. The van der Waals surface area contributed by atoms with Gasteiger partial charge in [-0.05, 0) is 31.1 Å². The molecule has 0 saturated carbocycles. The molecule has 0 amide bonds. The molecule has 0 fully saturated rings. The van der Waals surface area contributed by atoms with Crippen molar-refractivity contribution in [3.63, 3.8) is 0 Å². The molecule has 2 rings (SSSR count). The Morgan fingerprint density at radius 2 is 2.22 bits per heavy atom. The Balaban J connectivity index is 2.40. The number of rotatable bonds is 4. The van der Waals surface area contributed by atoms with E-state index in [-0.39, 0.29) is 33.5 Å². The number of aromatic nitrogens is 1. The molecule has 0 aliphatic rings. The van der Waals surface area contributed by atoms with Crippen LogP contribution in [0, 0.1) is 12.7 Å². The number of carbonyl (C=O) groups is 1. The molecule has 0 radical (unpaired) electrons. The molecule has 0 saturated heterocycles. The highest BCUT2D eigenvalue weighted by atomic mass is 35.5. The summed E-state index contributed by atoms with van der Waals surface area (Å²) in [6.07, 6.45) is 0. The van der Waals surface area contributed by atoms with Gasteiger partial charge in [0.25, 0.3) is 0 Å². The van der Waals surface area contributed by atoms with Gasteiger partial charge < -0.3 is 14.1 Å². The van der Waals surface area contributed by atoms with E-state index in [0.717, 1.165) is 0 Å². The number of nitrogens with zero attached hydrogens (tertiary/aromatic N) is 2. The summed E-state index contributed by atoms with van der Waals surface area (Å²) < 4.78 is 24.1. The molecule has 0 atom stereocenters. The second-order valence-electron chi connectivity index (χ2n) is 4.48. The summed E-state index contributed by atoms with van der Waals surface area (Å²) in [5.41, 5.74) is -0.131. The fraction of sp³-hybridized carbons (Fsp3) is 0.267. The van der Waals surface area contributed by atoms with Gasteiger partial charge in [0.1, 0.15) is 22.8 Å². The molecule has 0 aliphatic carbocycles. The van der Waals surface area contributed by atoms with Crippen molar-refractivity contribution in [2.24, 2.45) is 5.16 Å². The van der Waals surface area contributed by atoms with Crippen molar-refractivity contribution in [2.75, 3.05) is 6.61 Å². The number of hydrogen-bond donors (Lipinski definition) is 0. The van der Waals surface area contributed by atoms with Crippen LogP contribution in [-0.2, 0) is 9.57 Å². The highest BCUT2D eigenvalue weighted by molar-refractivity contribution is 6.33. The Morgan fingerprint density at radius 3 is 2.87 bits per heavy atom. The fourth-order valence-corrected chi connectivity index (χ4v) is 2.15. The van der Waals surface area contributed by atoms with Gasteiger partial charge in [0.2, 0.25) is 5.90 Å². The Bertz CT molecular complexity index is 738. The van der Waals surface area contributed by atoms with Crippen LogP contribution in [0.4, 0.5) is 4.39 Å². The SMILES string of the molecule is CCOC(C)=NOC(=O)c1c(-c2c(F)cccc2Cl)noc1C. The average molecular weight is 341 g/mol. The number of benzene rings is 1. The average Bonchev–Trinajstić information content (AvgIpc) is 2.87. The van der Waals surface area contributed by atoms with Crippen molar-refractivity contribution in [2.45, 2.75) is 20.8 Å². The van der Waals surface area contributed by atoms with Crippen molar-refractivity contribution in [3.05, 3.63) is 40.4 Å². The van der Waals surface area contributed by atoms with Crippen LogP contribution in [0.1, 0.15) is 30.0 Å². The zero-order valence-corrected chi connectivity index (χ0v) is 13.5. The van der Waals surface area contributed by atoms with Gasteiger partial charge in [-0.25, -0.2) is 9.18 Å². The third kappa shape index (κ3) is 3.68. The minimum Gasteiger partial charge on any atom is -0.479 e. The lowest BCUT2D eigenvalue weighted by Gasteiger charge is -2.05. The van der Waals surface area contributed by atoms with Gasteiger partial charge in [-0.3, -0.25) is 0 Å². The number of hydrogen-bond acceptors (Lipinski definition) is 6. The maximum atomic E-state index is 14.0. The molecule has 6 nitrogen and oxygen atoms in total. The van der Waals surface area contributed by atoms with Crippen molar-refractivity contribution < 1.29 is 23.3 Å². The number of carbonyl (C=O) groups excluding carboxylic acids is 1. The molecule has 1 aromatic heterocycles. The van der Waals surface area contributed by atoms with E-state index in [9.17, 15) is 9.18 Å². The first kappa shape index (κ1) is 17.0. The third-order valence-electron chi connectivity index (χ3n) is 2.88. The van der Waals surface area contributed by atoms with Gasteiger partial charge in [-0.2, -0.15) is 0 Å². The monoisotopic (exact) mass is 340 g/mol. The quantitative estimate of drug-likeness (QED) is 0.364. The molecule has 0 N–H and O–H groups in total. The maximum absolute atomic E-state index is 14.0. The van der Waals surface area contributed by atoms with Crippen LogP contribution in [-0.4, -0.2) is 23.6 Å². The summed E-state index contributed by atoms with van der Waals surface area (Å²) >= 11 is 6.00. The molecule has 0 aliphatic heterocycles. The Morgan fingerprint density at radius 1 is 1.48 bits per heavy atom. The number of halogens is 2. The highest BCUT2D eigenvalue weighted by Gasteiger charge is 2.26. The second-order valence-corrected chi connectivity index (χ2v) is 4.89. The summed E-state index contributed by atoms with van der Waals surface area (Å²) in [7, 11) is 0. The van der Waals surface area contributed by atoms with Crippen LogP contribution in [0.2, 0.25) is 5.02 Å². The molecule has 8 heteroatoms. The topological polar surface area (TPSA) is 73.9 Å². The van der Waals surface area contributed by atoms with Gasteiger partial charge in [-0.15, -0.1) is 0 Å². The van der Waals surface area contributed by atoms with Gasteiger partial charge in [0.05, 0.1) is 17.2 Å². The van der Waals surface area contributed by atoms with Crippen molar-refractivity contribution in [1.82, 2.24) is 5.16 Å². The smallest absolute Gasteiger partial charge is 0.371 e. The van der Waals surface area contributed by atoms with Gasteiger partial charge in [-0.1, -0.05) is 22.8 Å². The van der Waals surface area contributed by atoms with Crippen LogP contribution >= 0.6 is 11.6 Å². The summed E-state index contributed by atoms with van der Waals surface area (Å²) in [6, 6.07) is 4.13. The van der Waals surface area contributed by atoms with E-state index in [0.29, 0.717) is 6.61 Å². The van der Waals surface area contributed by atoms with E-state index in [1.165, 1.54) is 32.0 Å². The molecule has 1 heterocycles. The molecule has 1 aromatic carbocycles. The normalized spacial score (nSPS) is 11.4. The number of ether oxygens (including phenoxy) is 1. The minimum atomic E-state index is -0.850. The first-order chi connectivity index (χ1) is 11.0. The van der Waals surface area contributed by atoms with Gasteiger partial charge in [0, 0.05) is 6.92 Å². The summed E-state index contributed by atoms with van der Waals surface area (Å²) in [5.74, 6) is -1.14. The highest BCUT2D eigenvalue weighted by Crippen LogP contribution is 2.33. The van der Waals surface area contributed by atoms with Gasteiger partial charge in [0.15, 0.2) is 0 Å². The fourth-order valence-electron chi connectivity index (χ4n) is 1.89. The summed E-state index contributed by atoms with van der Waals surface area (Å²) in [6.45, 7) is 5.19. The van der Waals surface area contributed by atoms with Crippen LogP contribution in [0.25, 0.3) is 11.3 Å². The lowest BCUT2D eigenvalue weighted by atomic mass is 10.1. The molecular weight excluding hydrogens is 327 g/mol. The molecule has 2 aromatic rings. The summed E-state index contributed by atoms with van der Waals surface area (Å²) in [5, 5.41) is 7.35. The largest absolute Gasteiger partial charge is 0.479 e. The first-order valence-electron chi connectivity index (χ1n) is 6.75. The van der Waals surface area contributed by atoms with Crippen LogP contribution in [0.3, 0.4) is 0 Å². The van der Waals surface area contributed by atoms with Crippen molar-refractivity contribution in [3.8, 4) is 11.3 Å². The summed E-state index contributed by atoms with van der Waals surface area (Å²) in [4.78, 5) is 17.0. The van der Waals surface area contributed by atoms with E-state index in [1.807, 2.05) is 0 Å². The van der Waals surface area contributed by atoms with E-state index < -0.39 is 11.8 Å². The molecule has 0 unspecified atom stereocenters. The molecule has 0 bridgehead atoms. The van der Waals surface area contributed by atoms with E-state index in [1.54, 1.807) is 6.92 Å². The molecule has 23 heavy (non-hydrogen) atoms. The van der Waals surface area contributed by atoms with E-state index >= 15 is 0 Å². The number of oxime groups is 1. The van der Waals surface area contributed by atoms with Gasteiger partial charge >= 0.3 is 5.97 Å². The van der Waals surface area contributed by atoms with Crippen LogP contribution in [0.15, 0.2) is 27.9 Å². The maximum Gasteiger partial charge on any atom is 0.371 e. The standard InChI is InChI=1S/C15H14ClFN2O4/c1-4-21-9(3)18-23-15(20)12-8(2)22-19-14(12)13-10(16)6-5-7-11(13)17/h5-7H,4H2,1-3H3.